The third kappa shape index (κ3) is 2.99. The fourth-order valence-electron chi connectivity index (χ4n) is 3.19. The Bertz CT molecular complexity index is 953. The second kappa shape index (κ2) is 6.52. The number of benzene rings is 1. The Kier molecular flexibility index (Phi) is 4.35. The first-order valence-electron chi connectivity index (χ1n) is 8.00. The topological polar surface area (TPSA) is 52.8 Å². The predicted molar refractivity (Wildman–Crippen MR) is 94.6 cm³/mol. The molecule has 5 nitrogen and oxygen atoms in total. The molecule has 0 atom stereocenters. The van der Waals surface area contributed by atoms with Gasteiger partial charge in [0.1, 0.15) is 23.0 Å². The molecule has 0 spiro atoms. The van der Waals surface area contributed by atoms with E-state index in [4.69, 9.17) is 27.9 Å². The van der Waals surface area contributed by atoms with Gasteiger partial charge in [0, 0.05) is 24.8 Å². The van der Waals surface area contributed by atoms with E-state index in [9.17, 15) is 4.39 Å². The number of rotatable bonds is 2. The summed E-state index contributed by atoms with van der Waals surface area (Å²) in [6.45, 7) is 3.12. The Morgan fingerprint density at radius 1 is 1.16 bits per heavy atom. The molecule has 1 aliphatic heterocycles. The van der Waals surface area contributed by atoms with Crippen LogP contribution in [-0.4, -0.2) is 32.7 Å². The summed E-state index contributed by atoms with van der Waals surface area (Å²) in [4.78, 5) is 13.4. The first-order chi connectivity index (χ1) is 12.0. The minimum Gasteiger partial charge on any atom is -0.381 e. The third-order valence-corrected chi connectivity index (χ3v) is 4.91. The Hall–Kier alpha value is -1.76. The fourth-order valence-corrected chi connectivity index (χ4v) is 3.69. The normalized spacial score (nSPS) is 15.8. The lowest BCUT2D eigenvalue weighted by Crippen LogP contribution is -2.20. The molecule has 1 aromatic carbocycles. The lowest BCUT2D eigenvalue weighted by molar-refractivity contribution is 0.0708. The van der Waals surface area contributed by atoms with E-state index in [1.54, 1.807) is 13.0 Å². The number of hydrogen-bond donors (Lipinski definition) is 0. The maximum atomic E-state index is 13.5. The number of hydrogen-bond acceptors (Lipinski definition) is 4. The van der Waals surface area contributed by atoms with E-state index < -0.39 is 5.82 Å². The minimum absolute atomic E-state index is 0.153. The van der Waals surface area contributed by atoms with E-state index in [0.29, 0.717) is 51.8 Å². The van der Waals surface area contributed by atoms with Gasteiger partial charge >= 0.3 is 0 Å². The van der Waals surface area contributed by atoms with Gasteiger partial charge in [0.2, 0.25) is 0 Å². The molecule has 0 radical (unpaired) electrons. The van der Waals surface area contributed by atoms with Crippen molar-refractivity contribution in [2.75, 3.05) is 13.2 Å². The van der Waals surface area contributed by atoms with Crippen molar-refractivity contribution in [3.8, 4) is 11.4 Å². The quantitative estimate of drug-likeness (QED) is 0.609. The Balaban J connectivity index is 2.00. The van der Waals surface area contributed by atoms with Crippen molar-refractivity contribution < 1.29 is 9.13 Å². The van der Waals surface area contributed by atoms with E-state index in [2.05, 4.69) is 15.0 Å². The van der Waals surface area contributed by atoms with Gasteiger partial charge in [-0.15, -0.1) is 0 Å². The standard InChI is InChI=1S/C17H15Cl2FN4O/c1-9-21-15(19)14-17(22-9)24(11-4-6-25-7-5-11)16(23-14)12-3-2-10(20)8-13(12)18/h2-3,8,11H,4-7H2,1H3. The molecule has 1 aliphatic rings. The van der Waals surface area contributed by atoms with E-state index in [-0.39, 0.29) is 6.04 Å². The zero-order chi connectivity index (χ0) is 17.6. The molecule has 1 fully saturated rings. The van der Waals surface area contributed by atoms with Crippen LogP contribution in [0.2, 0.25) is 10.2 Å². The molecule has 130 valence electrons. The molecule has 0 amide bonds. The van der Waals surface area contributed by atoms with E-state index >= 15 is 0 Å². The van der Waals surface area contributed by atoms with Gasteiger partial charge in [0.15, 0.2) is 10.8 Å². The van der Waals surface area contributed by atoms with Gasteiger partial charge in [-0.25, -0.2) is 19.3 Å². The summed E-state index contributed by atoms with van der Waals surface area (Å²) < 4.78 is 21.0. The smallest absolute Gasteiger partial charge is 0.165 e. The highest BCUT2D eigenvalue weighted by Gasteiger charge is 2.26. The maximum absolute atomic E-state index is 13.5. The molecule has 2 aromatic heterocycles. The van der Waals surface area contributed by atoms with Crippen LogP contribution in [-0.2, 0) is 4.74 Å². The zero-order valence-electron chi connectivity index (χ0n) is 13.5. The second-order valence-electron chi connectivity index (χ2n) is 6.01. The highest BCUT2D eigenvalue weighted by atomic mass is 35.5. The molecule has 8 heteroatoms. The molecule has 1 saturated heterocycles. The van der Waals surface area contributed by atoms with Crippen LogP contribution in [0.25, 0.3) is 22.6 Å². The number of imidazole rings is 1. The van der Waals surface area contributed by atoms with Crippen LogP contribution in [0.5, 0.6) is 0 Å². The number of ether oxygens (including phenoxy) is 1. The third-order valence-electron chi connectivity index (χ3n) is 4.34. The fraction of sp³-hybridized carbons (Fsp3) is 0.353. The summed E-state index contributed by atoms with van der Waals surface area (Å²) >= 11 is 12.6. The number of nitrogens with zero attached hydrogens (tertiary/aromatic N) is 4. The first kappa shape index (κ1) is 16.7. The molecule has 0 unspecified atom stereocenters. The van der Waals surface area contributed by atoms with Gasteiger partial charge in [-0.05, 0) is 38.0 Å². The largest absolute Gasteiger partial charge is 0.381 e. The van der Waals surface area contributed by atoms with Crippen LogP contribution in [0.4, 0.5) is 4.39 Å². The zero-order valence-corrected chi connectivity index (χ0v) is 15.0. The van der Waals surface area contributed by atoms with Crippen molar-refractivity contribution in [2.45, 2.75) is 25.8 Å². The van der Waals surface area contributed by atoms with Crippen LogP contribution in [0, 0.1) is 12.7 Å². The molecule has 0 N–H and O–H groups in total. The van der Waals surface area contributed by atoms with Crippen molar-refractivity contribution in [3.05, 3.63) is 40.0 Å². The molecule has 0 saturated carbocycles. The number of fused-ring (bicyclic) bond motifs is 1. The van der Waals surface area contributed by atoms with E-state index in [1.807, 2.05) is 4.57 Å². The van der Waals surface area contributed by atoms with Crippen LogP contribution >= 0.6 is 23.2 Å². The van der Waals surface area contributed by atoms with Gasteiger partial charge in [0.25, 0.3) is 0 Å². The summed E-state index contributed by atoms with van der Waals surface area (Å²) in [7, 11) is 0. The molecule has 4 rings (SSSR count). The SMILES string of the molecule is Cc1nc(Cl)c2nc(-c3ccc(F)cc3Cl)n(C3CCOCC3)c2n1. The van der Waals surface area contributed by atoms with Gasteiger partial charge in [-0.2, -0.15) is 0 Å². The van der Waals surface area contributed by atoms with Gasteiger partial charge in [-0.1, -0.05) is 23.2 Å². The van der Waals surface area contributed by atoms with Gasteiger partial charge in [0.05, 0.1) is 5.02 Å². The highest BCUT2D eigenvalue weighted by Crippen LogP contribution is 2.36. The monoisotopic (exact) mass is 380 g/mol. The Morgan fingerprint density at radius 3 is 2.64 bits per heavy atom. The van der Waals surface area contributed by atoms with Crippen molar-refractivity contribution in [3.63, 3.8) is 0 Å². The van der Waals surface area contributed by atoms with Crippen LogP contribution in [0.3, 0.4) is 0 Å². The summed E-state index contributed by atoms with van der Waals surface area (Å²) in [6.07, 6.45) is 1.66. The summed E-state index contributed by atoms with van der Waals surface area (Å²) in [5.74, 6) is 0.798. The van der Waals surface area contributed by atoms with Crippen molar-refractivity contribution in [1.82, 2.24) is 19.5 Å². The molecular formula is C17H15Cl2FN4O. The Labute approximate surface area is 153 Å². The van der Waals surface area contributed by atoms with Crippen LogP contribution in [0.15, 0.2) is 18.2 Å². The van der Waals surface area contributed by atoms with Crippen LogP contribution in [0.1, 0.15) is 24.7 Å². The first-order valence-corrected chi connectivity index (χ1v) is 8.75. The molecule has 0 bridgehead atoms. The average Bonchev–Trinajstić information content (AvgIpc) is 2.95. The van der Waals surface area contributed by atoms with Crippen molar-refractivity contribution in [1.29, 1.82) is 0 Å². The maximum Gasteiger partial charge on any atom is 0.165 e. The molecular weight excluding hydrogens is 366 g/mol. The van der Waals surface area contributed by atoms with Gasteiger partial charge < -0.3 is 9.30 Å². The lowest BCUT2D eigenvalue weighted by atomic mass is 10.1. The summed E-state index contributed by atoms with van der Waals surface area (Å²) in [5.41, 5.74) is 1.83. The van der Waals surface area contributed by atoms with E-state index in [1.165, 1.54) is 12.1 Å². The lowest BCUT2D eigenvalue weighted by Gasteiger charge is -2.25. The highest BCUT2D eigenvalue weighted by molar-refractivity contribution is 6.34. The summed E-state index contributed by atoms with van der Waals surface area (Å²) in [6, 6.07) is 4.43. The van der Waals surface area contributed by atoms with Gasteiger partial charge in [-0.3, -0.25) is 0 Å². The number of aromatic nitrogens is 4. The molecule has 0 aliphatic carbocycles. The molecule has 25 heavy (non-hydrogen) atoms. The number of halogens is 3. The van der Waals surface area contributed by atoms with Crippen LogP contribution < -0.4 is 0 Å². The average molecular weight is 381 g/mol. The Morgan fingerprint density at radius 2 is 1.92 bits per heavy atom. The minimum atomic E-state index is -0.392. The van der Waals surface area contributed by atoms with E-state index in [0.717, 1.165) is 12.8 Å². The van der Waals surface area contributed by atoms with Crippen molar-refractivity contribution in [2.24, 2.45) is 0 Å². The molecule has 3 heterocycles. The summed E-state index contributed by atoms with van der Waals surface area (Å²) in [5, 5.41) is 0.595. The predicted octanol–water partition coefficient (Wildman–Crippen LogP) is 4.60. The number of aryl methyl sites for hydroxylation is 1. The van der Waals surface area contributed by atoms with Crippen molar-refractivity contribution >= 4 is 34.4 Å². The second-order valence-corrected chi connectivity index (χ2v) is 6.77. The molecule has 3 aromatic rings.